The molecule has 0 aliphatic heterocycles. The number of amides is 1. The van der Waals surface area contributed by atoms with E-state index in [1.54, 1.807) is 0 Å². The van der Waals surface area contributed by atoms with Crippen molar-refractivity contribution < 1.29 is 4.79 Å². The summed E-state index contributed by atoms with van der Waals surface area (Å²) in [5.41, 5.74) is 0. The van der Waals surface area contributed by atoms with Crippen LogP contribution in [0.15, 0.2) is 15.9 Å². The van der Waals surface area contributed by atoms with Gasteiger partial charge in [-0.2, -0.15) is 0 Å². The summed E-state index contributed by atoms with van der Waals surface area (Å²) in [6, 6.07) is 4.25. The van der Waals surface area contributed by atoms with Gasteiger partial charge < -0.3 is 4.90 Å². The van der Waals surface area contributed by atoms with E-state index in [4.69, 9.17) is 0 Å². The maximum atomic E-state index is 12.2. The van der Waals surface area contributed by atoms with Gasteiger partial charge in [0.15, 0.2) is 0 Å². The minimum absolute atomic E-state index is 0.121. The van der Waals surface area contributed by atoms with Crippen molar-refractivity contribution >= 4 is 33.2 Å². The summed E-state index contributed by atoms with van der Waals surface area (Å²) >= 11 is 4.86. The fraction of sp³-hybridized carbons (Fsp3) is 0.545. The second-order valence-electron chi connectivity index (χ2n) is 4.00. The summed E-state index contributed by atoms with van der Waals surface area (Å²) in [5, 5.41) is 0. The zero-order valence-corrected chi connectivity index (χ0v) is 11.9. The molecule has 0 unspecified atom stereocenters. The van der Waals surface area contributed by atoms with Crippen molar-refractivity contribution in [2.24, 2.45) is 0 Å². The van der Waals surface area contributed by atoms with Gasteiger partial charge in [-0.25, -0.2) is 0 Å². The second-order valence-corrected chi connectivity index (χ2v) is 6.47. The van der Waals surface area contributed by atoms with Crippen LogP contribution in [0.2, 0.25) is 0 Å². The van der Waals surface area contributed by atoms with Crippen molar-refractivity contribution in [3.63, 3.8) is 0 Å². The van der Waals surface area contributed by atoms with Crippen LogP contribution in [0.25, 0.3) is 0 Å². The lowest BCUT2D eigenvalue weighted by Gasteiger charge is -2.30. The van der Waals surface area contributed by atoms with E-state index >= 15 is 0 Å². The molecule has 1 rings (SSSR count). The van der Waals surface area contributed by atoms with Gasteiger partial charge in [-0.05, 0) is 55.8 Å². The molecule has 0 N–H and O–H groups in total. The molecule has 2 nitrogen and oxygen atoms in total. The van der Waals surface area contributed by atoms with Gasteiger partial charge in [0.2, 0.25) is 0 Å². The molecule has 0 saturated heterocycles. The first-order valence-corrected chi connectivity index (χ1v) is 6.62. The van der Waals surface area contributed by atoms with E-state index in [0.29, 0.717) is 0 Å². The van der Waals surface area contributed by atoms with Crippen LogP contribution in [0.5, 0.6) is 0 Å². The molecule has 1 aromatic rings. The highest BCUT2D eigenvalue weighted by atomic mass is 79.9. The van der Waals surface area contributed by atoms with Crippen molar-refractivity contribution in [1.29, 1.82) is 0 Å². The highest BCUT2D eigenvalue weighted by Crippen LogP contribution is 2.24. The first-order chi connectivity index (χ1) is 6.93. The molecule has 15 heavy (non-hydrogen) atoms. The van der Waals surface area contributed by atoms with Crippen molar-refractivity contribution in [2.75, 3.05) is 0 Å². The minimum Gasteiger partial charge on any atom is -0.333 e. The van der Waals surface area contributed by atoms with Gasteiger partial charge in [0.05, 0.1) is 8.66 Å². The standard InChI is InChI=1S/C11H16BrNOS/c1-7(2)13(8(3)4)11(14)9-5-6-10(12)15-9/h5-8H,1-4H3. The van der Waals surface area contributed by atoms with Crippen LogP contribution >= 0.6 is 27.3 Å². The third-order valence-corrected chi connectivity index (χ3v) is 3.74. The van der Waals surface area contributed by atoms with Crippen molar-refractivity contribution in [1.82, 2.24) is 4.90 Å². The minimum atomic E-state index is 0.121. The zero-order chi connectivity index (χ0) is 11.6. The van der Waals surface area contributed by atoms with Gasteiger partial charge in [-0.1, -0.05) is 0 Å². The molecular weight excluding hydrogens is 274 g/mol. The van der Waals surface area contributed by atoms with E-state index in [1.165, 1.54) is 11.3 Å². The summed E-state index contributed by atoms with van der Waals surface area (Å²) < 4.78 is 0.998. The molecule has 1 aromatic heterocycles. The van der Waals surface area contributed by atoms with Gasteiger partial charge in [0.1, 0.15) is 0 Å². The molecule has 0 saturated carbocycles. The molecule has 0 aliphatic rings. The Morgan fingerprint density at radius 2 is 1.80 bits per heavy atom. The fourth-order valence-corrected chi connectivity index (χ4v) is 2.95. The average Bonchev–Trinajstić information content (AvgIpc) is 2.50. The van der Waals surface area contributed by atoms with Crippen LogP contribution in [0.1, 0.15) is 37.4 Å². The highest BCUT2D eigenvalue weighted by Gasteiger charge is 2.22. The van der Waals surface area contributed by atoms with Crippen LogP contribution in [0.4, 0.5) is 0 Å². The Hall–Kier alpha value is -0.350. The zero-order valence-electron chi connectivity index (χ0n) is 9.45. The SMILES string of the molecule is CC(C)N(C(=O)c1ccc(Br)s1)C(C)C. The molecule has 0 bridgehead atoms. The first kappa shape index (κ1) is 12.7. The Bertz CT molecular complexity index is 338. The Labute approximate surface area is 103 Å². The van der Waals surface area contributed by atoms with Crippen LogP contribution in [0.3, 0.4) is 0 Å². The summed E-state index contributed by atoms with van der Waals surface area (Å²) in [6.45, 7) is 8.17. The molecule has 0 atom stereocenters. The molecule has 84 valence electrons. The lowest BCUT2D eigenvalue weighted by molar-refractivity contribution is 0.0649. The maximum Gasteiger partial charge on any atom is 0.264 e. The maximum absolute atomic E-state index is 12.2. The van der Waals surface area contributed by atoms with Crippen molar-refractivity contribution in [3.8, 4) is 0 Å². The molecule has 4 heteroatoms. The topological polar surface area (TPSA) is 20.3 Å². The van der Waals surface area contributed by atoms with Crippen LogP contribution in [-0.4, -0.2) is 22.9 Å². The van der Waals surface area contributed by atoms with E-state index in [0.717, 1.165) is 8.66 Å². The summed E-state index contributed by atoms with van der Waals surface area (Å²) in [6.07, 6.45) is 0. The summed E-state index contributed by atoms with van der Waals surface area (Å²) in [5.74, 6) is 0.121. The van der Waals surface area contributed by atoms with Gasteiger partial charge in [-0.15, -0.1) is 11.3 Å². The highest BCUT2D eigenvalue weighted by molar-refractivity contribution is 9.11. The summed E-state index contributed by atoms with van der Waals surface area (Å²) in [7, 11) is 0. The van der Waals surface area contributed by atoms with E-state index in [1.807, 2.05) is 44.7 Å². The fourth-order valence-electron chi connectivity index (χ4n) is 1.62. The van der Waals surface area contributed by atoms with E-state index in [2.05, 4.69) is 15.9 Å². The van der Waals surface area contributed by atoms with Gasteiger partial charge in [-0.3, -0.25) is 4.79 Å². The smallest absolute Gasteiger partial charge is 0.264 e. The Morgan fingerprint density at radius 1 is 1.27 bits per heavy atom. The number of halogens is 1. The number of thiophene rings is 1. The first-order valence-electron chi connectivity index (χ1n) is 5.01. The van der Waals surface area contributed by atoms with Gasteiger partial charge >= 0.3 is 0 Å². The molecule has 0 aliphatic carbocycles. The number of hydrogen-bond donors (Lipinski definition) is 0. The predicted octanol–water partition coefficient (Wildman–Crippen LogP) is 3.77. The molecule has 0 fully saturated rings. The number of nitrogens with zero attached hydrogens (tertiary/aromatic N) is 1. The third kappa shape index (κ3) is 3.05. The van der Waals surface area contributed by atoms with E-state index in [9.17, 15) is 4.79 Å². The molecule has 0 spiro atoms. The van der Waals surface area contributed by atoms with Crippen LogP contribution in [0, 0.1) is 0 Å². The Kier molecular flexibility index (Phi) is 4.34. The lowest BCUT2D eigenvalue weighted by atomic mass is 10.2. The van der Waals surface area contributed by atoms with Crippen molar-refractivity contribution in [2.45, 2.75) is 39.8 Å². The van der Waals surface area contributed by atoms with Gasteiger partial charge in [0, 0.05) is 12.1 Å². The molecule has 0 aromatic carbocycles. The van der Waals surface area contributed by atoms with Crippen molar-refractivity contribution in [3.05, 3.63) is 20.8 Å². The average molecular weight is 290 g/mol. The monoisotopic (exact) mass is 289 g/mol. The second kappa shape index (κ2) is 5.12. The Balaban J connectivity index is 2.91. The number of carbonyl (C=O) groups excluding carboxylic acids is 1. The Morgan fingerprint density at radius 3 is 2.13 bits per heavy atom. The molecule has 0 radical (unpaired) electrons. The quantitative estimate of drug-likeness (QED) is 0.829. The largest absolute Gasteiger partial charge is 0.333 e. The third-order valence-electron chi connectivity index (χ3n) is 2.13. The predicted molar refractivity (Wildman–Crippen MR) is 68.5 cm³/mol. The van der Waals surface area contributed by atoms with Crippen LogP contribution in [-0.2, 0) is 0 Å². The number of rotatable bonds is 3. The van der Waals surface area contributed by atoms with Crippen LogP contribution < -0.4 is 0 Å². The normalized spacial score (nSPS) is 11.1. The van der Waals surface area contributed by atoms with Gasteiger partial charge in [0.25, 0.3) is 5.91 Å². The molecule has 1 heterocycles. The number of carbonyl (C=O) groups is 1. The molecule has 1 amide bonds. The number of hydrogen-bond acceptors (Lipinski definition) is 2. The lowest BCUT2D eigenvalue weighted by Crippen LogP contribution is -2.41. The van der Waals surface area contributed by atoms with E-state index < -0.39 is 0 Å². The summed E-state index contributed by atoms with van der Waals surface area (Å²) in [4.78, 5) is 14.9. The molecular formula is C11H16BrNOS. The van der Waals surface area contributed by atoms with E-state index in [-0.39, 0.29) is 18.0 Å².